The second-order valence-corrected chi connectivity index (χ2v) is 8.03. The number of benzene rings is 2. The van der Waals surface area contributed by atoms with Crippen LogP contribution < -0.4 is 4.74 Å². The number of rotatable bonds is 7. The van der Waals surface area contributed by atoms with Crippen LogP contribution >= 0.6 is 0 Å². The third-order valence-electron chi connectivity index (χ3n) is 5.92. The van der Waals surface area contributed by atoms with Crippen molar-refractivity contribution in [1.82, 2.24) is 9.80 Å². The topological polar surface area (TPSA) is 35.9 Å². The maximum absolute atomic E-state index is 13.2. The van der Waals surface area contributed by atoms with Crippen LogP contribution in [-0.4, -0.2) is 53.8 Å². The molecule has 5 rings (SSSR count). The maximum atomic E-state index is 13.2. The van der Waals surface area contributed by atoms with Crippen molar-refractivity contribution in [3.8, 4) is 5.75 Å². The number of hydrogen-bond donors (Lipinski definition) is 1. The molecule has 0 unspecified atom stereocenters. The lowest BCUT2D eigenvalue weighted by molar-refractivity contribution is 0.120. The summed E-state index contributed by atoms with van der Waals surface area (Å²) in [5.41, 5.74) is 2.37. The summed E-state index contributed by atoms with van der Waals surface area (Å²) < 4.78 is 18.9. The van der Waals surface area contributed by atoms with Crippen molar-refractivity contribution in [2.75, 3.05) is 32.8 Å². The number of hydrogen-bond acceptors (Lipinski definition) is 4. The standard InChI is InChI=1S/C23H29FN2O2/c24-21-8-5-18(6-9-21)13-25-14-19-7-10-22(17-25)26(15-19)16-20-3-1-2-4-23(20)28-12-11-27/h1-6,8-9,19,22,27H,7,10-17H2/t19-,22+/m0/s1. The van der Waals surface area contributed by atoms with Crippen LogP contribution in [0.2, 0.25) is 0 Å². The highest BCUT2D eigenvalue weighted by Gasteiger charge is 2.34. The number of ether oxygens (including phenoxy) is 1. The number of fused-ring (bicyclic) bond motifs is 4. The summed E-state index contributed by atoms with van der Waals surface area (Å²) in [5, 5.41) is 9.07. The zero-order valence-electron chi connectivity index (χ0n) is 16.3. The van der Waals surface area contributed by atoms with Gasteiger partial charge in [-0.3, -0.25) is 9.80 Å². The number of para-hydroxylation sites is 1. The molecule has 2 aromatic carbocycles. The number of aliphatic hydroxyl groups is 1. The molecular weight excluding hydrogens is 355 g/mol. The van der Waals surface area contributed by atoms with E-state index in [0.717, 1.165) is 38.5 Å². The van der Waals surface area contributed by atoms with Crippen LogP contribution in [-0.2, 0) is 13.1 Å². The van der Waals surface area contributed by atoms with Gasteiger partial charge in [-0.1, -0.05) is 30.3 Å². The van der Waals surface area contributed by atoms with Crippen LogP contribution in [0.4, 0.5) is 4.39 Å². The lowest BCUT2D eigenvalue weighted by Crippen LogP contribution is -2.43. The molecule has 0 aliphatic carbocycles. The normalized spacial score (nSPS) is 22.9. The van der Waals surface area contributed by atoms with E-state index >= 15 is 0 Å². The molecule has 0 spiro atoms. The molecule has 2 aromatic rings. The van der Waals surface area contributed by atoms with Crippen LogP contribution in [0.5, 0.6) is 5.75 Å². The van der Waals surface area contributed by atoms with E-state index in [4.69, 9.17) is 9.84 Å². The fourth-order valence-corrected chi connectivity index (χ4v) is 4.60. The summed E-state index contributed by atoms with van der Waals surface area (Å²) in [6.45, 7) is 5.39. The zero-order chi connectivity index (χ0) is 19.3. The van der Waals surface area contributed by atoms with E-state index in [2.05, 4.69) is 21.9 Å². The molecule has 2 atom stereocenters. The maximum Gasteiger partial charge on any atom is 0.123 e. The lowest BCUT2D eigenvalue weighted by atomic mass is 9.94. The molecule has 3 saturated heterocycles. The molecular formula is C23H29FN2O2. The van der Waals surface area contributed by atoms with Gasteiger partial charge in [0.2, 0.25) is 0 Å². The lowest BCUT2D eigenvalue weighted by Gasteiger charge is -2.36. The Bertz CT molecular complexity index is 767. The number of halogens is 1. The first-order chi connectivity index (χ1) is 13.7. The minimum absolute atomic E-state index is 0.0289. The van der Waals surface area contributed by atoms with Gasteiger partial charge >= 0.3 is 0 Å². The molecule has 3 heterocycles. The van der Waals surface area contributed by atoms with Crippen molar-refractivity contribution >= 4 is 0 Å². The molecule has 0 amide bonds. The quantitative estimate of drug-likeness (QED) is 0.795. The summed E-state index contributed by atoms with van der Waals surface area (Å²) in [5.74, 6) is 1.37. The molecule has 2 bridgehead atoms. The average molecular weight is 384 g/mol. The van der Waals surface area contributed by atoms with Crippen LogP contribution in [0.3, 0.4) is 0 Å². The first kappa shape index (κ1) is 19.4. The van der Waals surface area contributed by atoms with E-state index in [0.29, 0.717) is 18.6 Å². The SMILES string of the molecule is OCCOc1ccccc1CN1C[C@H]2CC[C@@H]1CN(Cc1ccc(F)cc1)C2. The van der Waals surface area contributed by atoms with E-state index < -0.39 is 0 Å². The molecule has 28 heavy (non-hydrogen) atoms. The van der Waals surface area contributed by atoms with Crippen molar-refractivity contribution in [2.45, 2.75) is 32.0 Å². The number of aliphatic hydroxyl groups excluding tert-OH is 1. The van der Waals surface area contributed by atoms with Crippen LogP contribution in [0.1, 0.15) is 24.0 Å². The Morgan fingerprint density at radius 1 is 0.964 bits per heavy atom. The Morgan fingerprint density at radius 3 is 2.61 bits per heavy atom. The summed E-state index contributed by atoms with van der Waals surface area (Å²) in [6, 6.07) is 15.6. The Balaban J connectivity index is 1.43. The fraction of sp³-hybridized carbons (Fsp3) is 0.478. The Morgan fingerprint density at radius 2 is 1.79 bits per heavy atom. The number of piperidine rings is 1. The molecule has 4 nitrogen and oxygen atoms in total. The van der Waals surface area contributed by atoms with Gasteiger partial charge in [0.15, 0.2) is 0 Å². The van der Waals surface area contributed by atoms with Gasteiger partial charge in [0.05, 0.1) is 6.61 Å². The highest BCUT2D eigenvalue weighted by atomic mass is 19.1. The van der Waals surface area contributed by atoms with E-state index in [1.165, 1.54) is 24.0 Å². The zero-order valence-corrected chi connectivity index (χ0v) is 16.3. The van der Waals surface area contributed by atoms with E-state index in [9.17, 15) is 4.39 Å². The Labute approximate surface area is 166 Å². The third kappa shape index (κ3) is 4.72. The first-order valence-corrected chi connectivity index (χ1v) is 10.2. The molecule has 3 fully saturated rings. The highest BCUT2D eigenvalue weighted by Crippen LogP contribution is 2.31. The fourth-order valence-electron chi connectivity index (χ4n) is 4.60. The van der Waals surface area contributed by atoms with Gasteiger partial charge in [0.25, 0.3) is 0 Å². The summed E-state index contributed by atoms with van der Waals surface area (Å²) in [4.78, 5) is 5.13. The second kappa shape index (κ2) is 9.03. The molecule has 3 aliphatic rings. The third-order valence-corrected chi connectivity index (χ3v) is 5.92. The molecule has 150 valence electrons. The predicted molar refractivity (Wildman–Crippen MR) is 108 cm³/mol. The predicted octanol–water partition coefficient (Wildman–Crippen LogP) is 3.29. The molecule has 1 N–H and O–H groups in total. The van der Waals surface area contributed by atoms with Gasteiger partial charge in [-0.25, -0.2) is 4.39 Å². The van der Waals surface area contributed by atoms with Gasteiger partial charge in [0, 0.05) is 44.3 Å². The van der Waals surface area contributed by atoms with Crippen LogP contribution in [0.15, 0.2) is 48.5 Å². The van der Waals surface area contributed by atoms with Gasteiger partial charge in [-0.15, -0.1) is 0 Å². The molecule has 0 aromatic heterocycles. The monoisotopic (exact) mass is 384 g/mol. The Kier molecular flexibility index (Phi) is 6.25. The number of nitrogens with zero attached hydrogens (tertiary/aromatic N) is 2. The minimum Gasteiger partial charge on any atom is -0.491 e. The van der Waals surface area contributed by atoms with Gasteiger partial charge < -0.3 is 9.84 Å². The summed E-state index contributed by atoms with van der Waals surface area (Å²) in [6.07, 6.45) is 2.51. The van der Waals surface area contributed by atoms with Gasteiger partial charge in [-0.2, -0.15) is 0 Å². The van der Waals surface area contributed by atoms with Crippen molar-refractivity contribution in [2.24, 2.45) is 5.92 Å². The van der Waals surface area contributed by atoms with Gasteiger partial charge in [-0.05, 0) is 42.5 Å². The van der Waals surface area contributed by atoms with Crippen molar-refractivity contribution in [3.63, 3.8) is 0 Å². The average Bonchev–Trinajstić information content (AvgIpc) is 3.00. The second-order valence-electron chi connectivity index (χ2n) is 8.03. The van der Waals surface area contributed by atoms with Gasteiger partial charge in [0.1, 0.15) is 18.2 Å². The molecule has 3 aliphatic heterocycles. The summed E-state index contributed by atoms with van der Waals surface area (Å²) >= 11 is 0. The van der Waals surface area contributed by atoms with Crippen LogP contribution in [0.25, 0.3) is 0 Å². The molecule has 0 saturated carbocycles. The largest absolute Gasteiger partial charge is 0.491 e. The van der Waals surface area contributed by atoms with Crippen LogP contribution in [0, 0.1) is 11.7 Å². The van der Waals surface area contributed by atoms with E-state index in [1.54, 1.807) is 12.1 Å². The summed E-state index contributed by atoms with van der Waals surface area (Å²) in [7, 11) is 0. The van der Waals surface area contributed by atoms with Crippen molar-refractivity contribution in [1.29, 1.82) is 0 Å². The molecule has 5 heteroatoms. The van der Waals surface area contributed by atoms with E-state index in [-0.39, 0.29) is 12.4 Å². The highest BCUT2D eigenvalue weighted by molar-refractivity contribution is 5.33. The van der Waals surface area contributed by atoms with Crippen molar-refractivity contribution < 1.29 is 14.2 Å². The van der Waals surface area contributed by atoms with Crippen molar-refractivity contribution in [3.05, 3.63) is 65.5 Å². The van der Waals surface area contributed by atoms with E-state index in [1.807, 2.05) is 24.3 Å². The minimum atomic E-state index is -0.173. The smallest absolute Gasteiger partial charge is 0.123 e. The molecule has 0 radical (unpaired) electrons. The first-order valence-electron chi connectivity index (χ1n) is 10.2. The Hall–Kier alpha value is -1.95.